The van der Waals surface area contributed by atoms with E-state index in [9.17, 15) is 14.5 Å². The van der Waals surface area contributed by atoms with Crippen molar-refractivity contribution in [2.24, 2.45) is 0 Å². The Hall–Kier alpha value is -4.63. The van der Waals surface area contributed by atoms with Crippen molar-refractivity contribution in [3.05, 3.63) is 112 Å². The number of fused-ring (bicyclic) bond motifs is 2. The molecule has 0 aliphatic heterocycles. The lowest BCUT2D eigenvalue weighted by atomic mass is 10.0. The summed E-state index contributed by atoms with van der Waals surface area (Å²) in [5.41, 5.74) is 4.64. The van der Waals surface area contributed by atoms with Gasteiger partial charge in [0.2, 0.25) is 0 Å². The minimum absolute atomic E-state index is 0.0551. The average Bonchev–Trinajstić information content (AvgIpc) is 3.27. The van der Waals surface area contributed by atoms with Gasteiger partial charge in [0.15, 0.2) is 5.16 Å². The van der Waals surface area contributed by atoms with Gasteiger partial charge in [-0.25, -0.2) is 9.37 Å². The van der Waals surface area contributed by atoms with E-state index in [1.807, 2.05) is 60.0 Å². The lowest BCUT2D eigenvalue weighted by molar-refractivity contribution is -0.384. The molecule has 9 heteroatoms. The van der Waals surface area contributed by atoms with Crippen LogP contribution < -0.4 is 0 Å². The first kappa shape index (κ1) is 22.8. The third-order valence-corrected chi connectivity index (χ3v) is 7.02. The standard InChI is InChI=1S/C28H18FN5O2S/c1-17-6-8-18(9-7-17)26-22-4-2-3-5-23(22)27(32-31-26)37-28-30-24-16-21(34(35)36)14-15-25(24)33(28)20-12-10-19(29)11-13-20/h2-16H,1H3. The fraction of sp³-hybridized carbons (Fsp3) is 0.0357. The number of hydrogen-bond acceptors (Lipinski definition) is 6. The monoisotopic (exact) mass is 507 g/mol. The summed E-state index contributed by atoms with van der Waals surface area (Å²) in [4.78, 5) is 15.6. The summed E-state index contributed by atoms with van der Waals surface area (Å²) in [6, 6.07) is 26.6. The van der Waals surface area contributed by atoms with Crippen LogP contribution in [0, 0.1) is 22.9 Å². The number of nitro benzene ring substituents is 1. The Balaban J connectivity index is 1.52. The Morgan fingerprint density at radius 1 is 0.892 bits per heavy atom. The van der Waals surface area contributed by atoms with E-state index in [0.717, 1.165) is 27.6 Å². The number of halogens is 1. The molecule has 0 saturated heterocycles. The average molecular weight is 508 g/mol. The molecular weight excluding hydrogens is 489 g/mol. The highest BCUT2D eigenvalue weighted by Gasteiger charge is 2.20. The molecular formula is C28H18FN5O2S. The zero-order valence-corrected chi connectivity index (χ0v) is 20.3. The second-order valence-corrected chi connectivity index (χ2v) is 9.46. The Morgan fingerprint density at radius 3 is 2.35 bits per heavy atom. The number of nitrogens with zero attached hydrogens (tertiary/aromatic N) is 5. The van der Waals surface area contributed by atoms with E-state index >= 15 is 0 Å². The van der Waals surface area contributed by atoms with Crippen LogP contribution in [0.1, 0.15) is 5.56 Å². The first-order valence-electron chi connectivity index (χ1n) is 11.4. The number of hydrogen-bond donors (Lipinski definition) is 0. The molecule has 0 bridgehead atoms. The van der Waals surface area contributed by atoms with Crippen LogP contribution in [0.4, 0.5) is 10.1 Å². The molecule has 2 heterocycles. The molecule has 0 aliphatic rings. The summed E-state index contributed by atoms with van der Waals surface area (Å²) in [5, 5.41) is 23.5. The van der Waals surface area contributed by atoms with Gasteiger partial charge in [-0.3, -0.25) is 14.7 Å². The summed E-state index contributed by atoms with van der Waals surface area (Å²) < 4.78 is 15.5. The SMILES string of the molecule is Cc1ccc(-c2nnc(Sc3nc4cc([N+](=O)[O-])ccc4n3-c3ccc(F)cc3)c3ccccc23)cc1. The lowest BCUT2D eigenvalue weighted by Gasteiger charge is -2.11. The van der Waals surface area contributed by atoms with Crippen LogP contribution in [0.2, 0.25) is 0 Å². The van der Waals surface area contributed by atoms with E-state index < -0.39 is 4.92 Å². The van der Waals surface area contributed by atoms with Crippen molar-refractivity contribution < 1.29 is 9.31 Å². The van der Waals surface area contributed by atoms with Gasteiger partial charge >= 0.3 is 0 Å². The lowest BCUT2D eigenvalue weighted by Crippen LogP contribution is -1.98. The maximum atomic E-state index is 13.7. The van der Waals surface area contributed by atoms with E-state index in [4.69, 9.17) is 4.98 Å². The van der Waals surface area contributed by atoms with Crippen molar-refractivity contribution >= 4 is 39.3 Å². The molecule has 4 aromatic carbocycles. The van der Waals surface area contributed by atoms with Gasteiger partial charge in [-0.15, -0.1) is 10.2 Å². The number of aromatic nitrogens is 4. The zero-order valence-electron chi connectivity index (χ0n) is 19.5. The summed E-state index contributed by atoms with van der Waals surface area (Å²) in [6.45, 7) is 2.04. The first-order chi connectivity index (χ1) is 18.0. The number of non-ortho nitro benzene ring substituents is 1. The van der Waals surface area contributed by atoms with Crippen molar-refractivity contribution in [2.75, 3.05) is 0 Å². The van der Waals surface area contributed by atoms with Crippen molar-refractivity contribution in [1.29, 1.82) is 0 Å². The van der Waals surface area contributed by atoms with Crippen LogP contribution in [0.25, 0.3) is 38.8 Å². The molecule has 0 N–H and O–H groups in total. The minimum Gasteiger partial charge on any atom is -0.287 e. The smallest absolute Gasteiger partial charge is 0.271 e. The minimum atomic E-state index is -0.452. The van der Waals surface area contributed by atoms with Crippen molar-refractivity contribution in [1.82, 2.24) is 19.7 Å². The molecule has 0 fully saturated rings. The molecule has 7 nitrogen and oxygen atoms in total. The van der Waals surface area contributed by atoms with Crippen LogP contribution in [-0.4, -0.2) is 24.7 Å². The summed E-state index contributed by atoms with van der Waals surface area (Å²) in [6.07, 6.45) is 0. The molecule has 0 spiro atoms. The molecule has 0 unspecified atom stereocenters. The van der Waals surface area contributed by atoms with Crippen molar-refractivity contribution in [3.8, 4) is 16.9 Å². The fourth-order valence-electron chi connectivity index (χ4n) is 4.23. The molecule has 0 atom stereocenters. The first-order valence-corrected chi connectivity index (χ1v) is 12.2. The Labute approximate surface area is 214 Å². The predicted octanol–water partition coefficient (Wildman–Crippen LogP) is 7.14. The molecule has 2 aromatic heterocycles. The number of nitro groups is 1. The van der Waals surface area contributed by atoms with E-state index in [0.29, 0.717) is 26.9 Å². The fourth-order valence-corrected chi connectivity index (χ4v) is 5.22. The predicted molar refractivity (Wildman–Crippen MR) is 142 cm³/mol. The van der Waals surface area contributed by atoms with Crippen molar-refractivity contribution in [3.63, 3.8) is 0 Å². The topological polar surface area (TPSA) is 86.7 Å². The van der Waals surface area contributed by atoms with Gasteiger partial charge in [-0.05, 0) is 49.0 Å². The zero-order chi connectivity index (χ0) is 25.5. The molecule has 6 rings (SSSR count). The maximum absolute atomic E-state index is 13.7. The third-order valence-electron chi connectivity index (χ3n) is 6.07. The van der Waals surface area contributed by atoms with Gasteiger partial charge in [-0.2, -0.15) is 0 Å². The van der Waals surface area contributed by atoms with Crippen LogP contribution in [0.3, 0.4) is 0 Å². The van der Waals surface area contributed by atoms with Crippen LogP contribution >= 0.6 is 11.8 Å². The van der Waals surface area contributed by atoms with Crippen LogP contribution in [0.5, 0.6) is 0 Å². The molecule has 37 heavy (non-hydrogen) atoms. The van der Waals surface area contributed by atoms with Gasteiger partial charge < -0.3 is 0 Å². The number of aryl methyl sites for hydroxylation is 1. The molecule has 0 saturated carbocycles. The quantitative estimate of drug-likeness (QED) is 0.182. The van der Waals surface area contributed by atoms with E-state index in [2.05, 4.69) is 10.2 Å². The van der Waals surface area contributed by atoms with Gasteiger partial charge in [-0.1, -0.05) is 54.1 Å². The van der Waals surface area contributed by atoms with Gasteiger partial charge in [0.05, 0.1) is 16.0 Å². The van der Waals surface area contributed by atoms with Crippen LogP contribution in [0.15, 0.2) is 101 Å². The largest absolute Gasteiger partial charge is 0.287 e. The van der Waals surface area contributed by atoms with E-state index in [1.54, 1.807) is 18.2 Å². The second-order valence-electron chi connectivity index (χ2n) is 8.50. The normalized spacial score (nSPS) is 11.3. The van der Waals surface area contributed by atoms with Crippen LogP contribution in [-0.2, 0) is 0 Å². The summed E-state index contributed by atoms with van der Waals surface area (Å²) in [7, 11) is 0. The Morgan fingerprint density at radius 2 is 1.62 bits per heavy atom. The molecule has 0 amide bonds. The number of benzene rings is 4. The summed E-state index contributed by atoms with van der Waals surface area (Å²) in [5.74, 6) is -0.360. The highest BCUT2D eigenvalue weighted by atomic mass is 32.2. The summed E-state index contributed by atoms with van der Waals surface area (Å²) >= 11 is 1.30. The van der Waals surface area contributed by atoms with Gasteiger partial charge in [0.1, 0.15) is 16.5 Å². The molecule has 6 aromatic rings. The Bertz CT molecular complexity index is 1800. The van der Waals surface area contributed by atoms with Crippen molar-refractivity contribution in [2.45, 2.75) is 17.1 Å². The molecule has 180 valence electrons. The van der Waals surface area contributed by atoms with Gasteiger partial charge in [0.25, 0.3) is 5.69 Å². The second kappa shape index (κ2) is 9.11. The van der Waals surface area contributed by atoms with Gasteiger partial charge in [0, 0.05) is 34.2 Å². The maximum Gasteiger partial charge on any atom is 0.271 e. The van der Waals surface area contributed by atoms with E-state index in [1.165, 1.54) is 36.0 Å². The molecule has 0 aliphatic carbocycles. The molecule has 0 radical (unpaired) electrons. The highest BCUT2D eigenvalue weighted by molar-refractivity contribution is 7.99. The highest BCUT2D eigenvalue weighted by Crippen LogP contribution is 2.38. The third kappa shape index (κ3) is 4.19. The number of imidazole rings is 1. The Kier molecular flexibility index (Phi) is 5.61. The number of rotatable bonds is 5. The van der Waals surface area contributed by atoms with E-state index in [-0.39, 0.29) is 11.5 Å².